The van der Waals surface area contributed by atoms with Gasteiger partial charge in [-0.15, -0.1) is 11.3 Å². The van der Waals surface area contributed by atoms with Crippen LogP contribution in [0.2, 0.25) is 0 Å². The maximum Gasteiger partial charge on any atom is 0.251 e. The van der Waals surface area contributed by atoms with Crippen LogP contribution in [0.1, 0.15) is 41.8 Å². The molecule has 2 amide bonds. The van der Waals surface area contributed by atoms with Gasteiger partial charge in [0.15, 0.2) is 0 Å². The maximum absolute atomic E-state index is 13.2. The minimum absolute atomic E-state index is 0.00445. The van der Waals surface area contributed by atoms with Gasteiger partial charge >= 0.3 is 0 Å². The molecule has 168 valence electrons. The first-order valence-corrected chi connectivity index (χ1v) is 11.7. The Morgan fingerprint density at radius 1 is 1.16 bits per heavy atom. The normalized spacial score (nSPS) is 15.7. The molecule has 7 nitrogen and oxygen atoms in total. The zero-order valence-corrected chi connectivity index (χ0v) is 19.6. The van der Waals surface area contributed by atoms with E-state index in [1.807, 2.05) is 18.7 Å². The van der Waals surface area contributed by atoms with Gasteiger partial charge in [0.25, 0.3) is 5.91 Å². The number of carbonyl (C=O) groups excluding carboxylic acids is 2. The fraction of sp³-hybridized carbons (Fsp3) is 0.522. The van der Waals surface area contributed by atoms with E-state index in [1.165, 1.54) is 0 Å². The second-order valence-corrected chi connectivity index (χ2v) is 9.05. The highest BCUT2D eigenvalue weighted by atomic mass is 32.1. The SMILES string of the molecule is CCc1nc(CN2CCN(C(=O)[C@H](NC(=O)c3ccc(OC)cc3)C(C)C)CC2)cs1. The quantitative estimate of drug-likeness (QED) is 0.678. The summed E-state index contributed by atoms with van der Waals surface area (Å²) in [6.45, 7) is 9.79. The smallest absolute Gasteiger partial charge is 0.251 e. The molecule has 31 heavy (non-hydrogen) atoms. The third-order valence-corrected chi connectivity index (χ3v) is 6.58. The summed E-state index contributed by atoms with van der Waals surface area (Å²) in [4.78, 5) is 34.7. The minimum atomic E-state index is -0.549. The zero-order valence-electron chi connectivity index (χ0n) is 18.8. The number of aryl methyl sites for hydroxylation is 1. The van der Waals surface area contributed by atoms with E-state index in [2.05, 4.69) is 27.5 Å². The molecule has 0 radical (unpaired) electrons. The Balaban J connectivity index is 1.55. The molecule has 0 spiro atoms. The molecule has 1 N–H and O–H groups in total. The van der Waals surface area contributed by atoms with Gasteiger partial charge in [0, 0.05) is 43.7 Å². The molecule has 0 bridgehead atoms. The lowest BCUT2D eigenvalue weighted by molar-refractivity contribution is -0.136. The van der Waals surface area contributed by atoms with Gasteiger partial charge in [-0.3, -0.25) is 14.5 Å². The molecule has 1 atom stereocenters. The van der Waals surface area contributed by atoms with Crippen LogP contribution in [-0.2, 0) is 17.8 Å². The summed E-state index contributed by atoms with van der Waals surface area (Å²) in [5.74, 6) is 0.423. The summed E-state index contributed by atoms with van der Waals surface area (Å²) in [5, 5.41) is 6.22. The van der Waals surface area contributed by atoms with Crippen LogP contribution < -0.4 is 10.1 Å². The van der Waals surface area contributed by atoms with Crippen LogP contribution >= 0.6 is 11.3 Å². The highest BCUT2D eigenvalue weighted by Crippen LogP contribution is 2.16. The summed E-state index contributed by atoms with van der Waals surface area (Å²) in [6.07, 6.45) is 0.964. The number of piperazine rings is 1. The number of thiazole rings is 1. The van der Waals surface area contributed by atoms with Gasteiger partial charge in [0.1, 0.15) is 11.8 Å². The average Bonchev–Trinajstić information content (AvgIpc) is 3.24. The molecule has 2 aromatic rings. The van der Waals surface area contributed by atoms with Crippen molar-refractivity contribution in [3.63, 3.8) is 0 Å². The fourth-order valence-corrected chi connectivity index (χ4v) is 4.35. The Hall–Kier alpha value is -2.45. The summed E-state index contributed by atoms with van der Waals surface area (Å²) >= 11 is 1.71. The van der Waals surface area contributed by atoms with Crippen molar-refractivity contribution in [3.05, 3.63) is 45.9 Å². The number of aromatic nitrogens is 1. The number of hydrogen-bond donors (Lipinski definition) is 1. The van der Waals surface area contributed by atoms with Crippen molar-refractivity contribution in [2.45, 2.75) is 39.8 Å². The van der Waals surface area contributed by atoms with Crippen molar-refractivity contribution in [2.75, 3.05) is 33.3 Å². The molecule has 8 heteroatoms. The third kappa shape index (κ3) is 6.04. The van der Waals surface area contributed by atoms with Crippen LogP contribution in [0.15, 0.2) is 29.6 Å². The number of methoxy groups -OCH3 is 1. The molecule has 1 saturated heterocycles. The van der Waals surface area contributed by atoms with E-state index in [9.17, 15) is 9.59 Å². The predicted octanol–water partition coefficient (Wildman–Crippen LogP) is 2.81. The van der Waals surface area contributed by atoms with Crippen LogP contribution in [0.5, 0.6) is 5.75 Å². The molecule has 0 saturated carbocycles. The number of benzene rings is 1. The van der Waals surface area contributed by atoms with E-state index in [4.69, 9.17) is 4.74 Å². The fourth-order valence-electron chi connectivity index (χ4n) is 3.62. The van der Waals surface area contributed by atoms with Gasteiger partial charge in [0.2, 0.25) is 5.91 Å². The largest absolute Gasteiger partial charge is 0.497 e. The van der Waals surface area contributed by atoms with Crippen molar-refractivity contribution in [2.24, 2.45) is 5.92 Å². The molecule has 1 aromatic heterocycles. The summed E-state index contributed by atoms with van der Waals surface area (Å²) in [6, 6.07) is 6.35. The standard InChI is InChI=1S/C23H32N4O3S/c1-5-20-24-18(15-31-20)14-26-10-12-27(13-11-26)23(29)21(16(2)3)25-22(28)17-6-8-19(30-4)9-7-17/h6-9,15-16,21H,5,10-14H2,1-4H3,(H,25,28)/t21-/m1/s1. The zero-order chi connectivity index (χ0) is 22.4. The molecule has 1 aromatic carbocycles. The van der Waals surface area contributed by atoms with E-state index in [1.54, 1.807) is 42.7 Å². The number of carbonyl (C=O) groups is 2. The first kappa shape index (κ1) is 23.2. The molecular formula is C23H32N4O3S. The van der Waals surface area contributed by atoms with Crippen molar-refractivity contribution in [1.29, 1.82) is 0 Å². The van der Waals surface area contributed by atoms with Crippen molar-refractivity contribution >= 4 is 23.2 Å². The van der Waals surface area contributed by atoms with Gasteiger partial charge in [-0.05, 0) is 36.6 Å². The molecule has 1 aliphatic rings. The number of amides is 2. The van der Waals surface area contributed by atoms with E-state index in [0.29, 0.717) is 24.4 Å². The van der Waals surface area contributed by atoms with Crippen LogP contribution in [0.4, 0.5) is 0 Å². The van der Waals surface area contributed by atoms with E-state index in [-0.39, 0.29) is 17.7 Å². The van der Waals surface area contributed by atoms with E-state index < -0.39 is 6.04 Å². The number of nitrogens with one attached hydrogen (secondary N) is 1. The third-order valence-electron chi connectivity index (χ3n) is 5.54. The Labute approximate surface area is 188 Å². The van der Waals surface area contributed by atoms with Crippen molar-refractivity contribution < 1.29 is 14.3 Å². The topological polar surface area (TPSA) is 74.8 Å². The van der Waals surface area contributed by atoms with Gasteiger partial charge in [-0.2, -0.15) is 0 Å². The molecule has 2 heterocycles. The average molecular weight is 445 g/mol. The predicted molar refractivity (Wildman–Crippen MR) is 122 cm³/mol. The summed E-state index contributed by atoms with van der Waals surface area (Å²) in [7, 11) is 1.58. The Morgan fingerprint density at radius 3 is 2.39 bits per heavy atom. The molecule has 0 aliphatic carbocycles. The first-order valence-electron chi connectivity index (χ1n) is 10.8. The Morgan fingerprint density at radius 2 is 1.84 bits per heavy atom. The summed E-state index contributed by atoms with van der Waals surface area (Å²) in [5.41, 5.74) is 1.62. The number of nitrogens with zero attached hydrogens (tertiary/aromatic N) is 3. The summed E-state index contributed by atoms with van der Waals surface area (Å²) < 4.78 is 5.14. The van der Waals surface area contributed by atoms with E-state index >= 15 is 0 Å². The highest BCUT2D eigenvalue weighted by molar-refractivity contribution is 7.09. The maximum atomic E-state index is 13.2. The van der Waals surface area contributed by atoms with Crippen LogP contribution in [-0.4, -0.2) is 65.9 Å². The second kappa shape index (κ2) is 10.7. The molecule has 1 aliphatic heterocycles. The van der Waals surface area contributed by atoms with Crippen LogP contribution in [0.3, 0.4) is 0 Å². The lowest BCUT2D eigenvalue weighted by Gasteiger charge is -2.37. The minimum Gasteiger partial charge on any atom is -0.497 e. The highest BCUT2D eigenvalue weighted by Gasteiger charge is 2.31. The number of ether oxygens (including phenoxy) is 1. The lowest BCUT2D eigenvalue weighted by Crippen LogP contribution is -2.56. The Bertz CT molecular complexity index is 873. The number of hydrogen-bond acceptors (Lipinski definition) is 6. The second-order valence-electron chi connectivity index (χ2n) is 8.11. The molecule has 1 fully saturated rings. The first-order chi connectivity index (χ1) is 14.9. The van der Waals surface area contributed by atoms with Gasteiger partial charge < -0.3 is 15.0 Å². The monoisotopic (exact) mass is 444 g/mol. The van der Waals surface area contributed by atoms with Crippen LogP contribution in [0.25, 0.3) is 0 Å². The van der Waals surface area contributed by atoms with Gasteiger partial charge in [0.05, 0.1) is 17.8 Å². The molecular weight excluding hydrogens is 412 g/mol. The van der Waals surface area contributed by atoms with Crippen molar-refractivity contribution in [1.82, 2.24) is 20.1 Å². The van der Waals surface area contributed by atoms with E-state index in [0.717, 1.165) is 36.8 Å². The van der Waals surface area contributed by atoms with Crippen LogP contribution in [0, 0.1) is 5.92 Å². The molecule has 3 rings (SSSR count). The molecule has 0 unspecified atom stereocenters. The van der Waals surface area contributed by atoms with Crippen molar-refractivity contribution in [3.8, 4) is 5.75 Å². The lowest BCUT2D eigenvalue weighted by atomic mass is 10.0. The Kier molecular flexibility index (Phi) is 8.03. The van der Waals surface area contributed by atoms with Gasteiger partial charge in [-0.25, -0.2) is 4.98 Å². The van der Waals surface area contributed by atoms with Gasteiger partial charge in [-0.1, -0.05) is 20.8 Å². The number of rotatable bonds is 8.